The number of thiol groups is 1. The summed E-state index contributed by atoms with van der Waals surface area (Å²) in [5, 5.41) is 0. The van der Waals surface area contributed by atoms with E-state index in [1.165, 1.54) is 0 Å². The highest BCUT2D eigenvalue weighted by Gasteiger charge is 2.18. The summed E-state index contributed by atoms with van der Waals surface area (Å²) < 4.78 is 0. The van der Waals surface area contributed by atoms with E-state index in [4.69, 9.17) is 6.42 Å². The minimum Gasteiger partial charge on any atom is -0.339 e. The van der Waals surface area contributed by atoms with Gasteiger partial charge in [-0.15, -0.1) is 6.42 Å². The molecule has 1 rings (SSSR count). The molecule has 1 aliphatic rings. The molecule has 0 aromatic heterocycles. The van der Waals surface area contributed by atoms with E-state index >= 15 is 0 Å². The molecule has 4 heteroatoms. The molecule has 1 amide bonds. The number of amides is 1. The first-order valence-corrected chi connectivity index (χ1v) is 4.95. The number of hydrogen-bond donors (Lipinski definition) is 1. The molecule has 72 valence electrons. The highest BCUT2D eigenvalue weighted by Crippen LogP contribution is 2.01. The molecular weight excluding hydrogens is 184 g/mol. The summed E-state index contributed by atoms with van der Waals surface area (Å²) in [7, 11) is 0. The lowest BCUT2D eigenvalue weighted by Crippen LogP contribution is -2.49. The van der Waals surface area contributed by atoms with Crippen LogP contribution in [0.1, 0.15) is 0 Å². The van der Waals surface area contributed by atoms with Gasteiger partial charge >= 0.3 is 0 Å². The second-order valence-electron chi connectivity index (χ2n) is 3.02. The van der Waals surface area contributed by atoms with Crippen molar-refractivity contribution in [2.24, 2.45) is 0 Å². The molecule has 0 spiro atoms. The van der Waals surface area contributed by atoms with Crippen LogP contribution in [0, 0.1) is 12.3 Å². The molecule has 0 aliphatic carbocycles. The van der Waals surface area contributed by atoms with Crippen LogP contribution in [-0.2, 0) is 4.79 Å². The highest BCUT2D eigenvalue weighted by atomic mass is 32.1. The molecule has 0 radical (unpaired) electrons. The summed E-state index contributed by atoms with van der Waals surface area (Å²) in [6.07, 6.45) is 5.20. The Balaban J connectivity index is 2.31. The van der Waals surface area contributed by atoms with E-state index in [-0.39, 0.29) is 5.91 Å². The van der Waals surface area contributed by atoms with Gasteiger partial charge in [-0.05, 0) is 0 Å². The first-order valence-electron chi connectivity index (χ1n) is 4.32. The lowest BCUT2D eigenvalue weighted by Gasteiger charge is -2.33. The maximum Gasteiger partial charge on any atom is 0.232 e. The smallest absolute Gasteiger partial charge is 0.232 e. The fourth-order valence-electron chi connectivity index (χ4n) is 1.38. The first-order chi connectivity index (χ1) is 6.27. The van der Waals surface area contributed by atoms with Crippen LogP contribution in [0.25, 0.3) is 0 Å². The maximum atomic E-state index is 11.2. The Kier molecular flexibility index (Phi) is 4.13. The summed E-state index contributed by atoms with van der Waals surface area (Å²) >= 11 is 3.95. The van der Waals surface area contributed by atoms with Gasteiger partial charge in [0, 0.05) is 26.2 Å². The molecule has 1 heterocycles. The largest absolute Gasteiger partial charge is 0.339 e. The quantitative estimate of drug-likeness (QED) is 0.486. The molecule has 0 unspecified atom stereocenters. The molecular formula is C9H14N2OS. The van der Waals surface area contributed by atoms with E-state index in [1.54, 1.807) is 0 Å². The molecule has 0 aromatic rings. The monoisotopic (exact) mass is 198 g/mol. The Bertz CT molecular complexity index is 216. The molecule has 1 fully saturated rings. The minimum absolute atomic E-state index is 0.115. The zero-order valence-electron chi connectivity index (χ0n) is 7.57. The number of nitrogens with zero attached hydrogens (tertiary/aromatic N) is 2. The van der Waals surface area contributed by atoms with Gasteiger partial charge in [-0.2, -0.15) is 12.6 Å². The van der Waals surface area contributed by atoms with E-state index in [9.17, 15) is 4.79 Å². The van der Waals surface area contributed by atoms with Gasteiger partial charge in [0.1, 0.15) is 0 Å². The topological polar surface area (TPSA) is 23.6 Å². The van der Waals surface area contributed by atoms with Crippen LogP contribution in [0.2, 0.25) is 0 Å². The standard InChI is InChI=1S/C9H14N2OS/c1-2-3-10-4-6-11(7-5-10)9(12)8-13/h1,13H,3-8H2. The van der Waals surface area contributed by atoms with Crippen LogP contribution in [-0.4, -0.2) is 54.2 Å². The zero-order valence-corrected chi connectivity index (χ0v) is 8.46. The van der Waals surface area contributed by atoms with Gasteiger partial charge in [0.15, 0.2) is 0 Å². The van der Waals surface area contributed by atoms with E-state index in [1.807, 2.05) is 4.90 Å². The van der Waals surface area contributed by atoms with Crippen LogP contribution in [0.3, 0.4) is 0 Å². The molecule has 0 N–H and O–H groups in total. The Morgan fingerprint density at radius 3 is 2.46 bits per heavy atom. The fraction of sp³-hybridized carbons (Fsp3) is 0.667. The van der Waals surface area contributed by atoms with Gasteiger partial charge in [-0.3, -0.25) is 9.69 Å². The normalized spacial score (nSPS) is 18.3. The Hall–Kier alpha value is -0.660. The fourth-order valence-corrected chi connectivity index (χ4v) is 1.58. The summed E-state index contributed by atoms with van der Waals surface area (Å²) in [4.78, 5) is 15.2. The van der Waals surface area contributed by atoms with E-state index < -0.39 is 0 Å². The van der Waals surface area contributed by atoms with Crippen molar-refractivity contribution in [2.75, 3.05) is 38.5 Å². The molecule has 0 bridgehead atoms. The van der Waals surface area contributed by atoms with E-state index in [2.05, 4.69) is 23.4 Å². The number of hydrogen-bond acceptors (Lipinski definition) is 3. The minimum atomic E-state index is 0.115. The van der Waals surface area contributed by atoms with Crippen molar-refractivity contribution in [1.29, 1.82) is 0 Å². The molecule has 0 atom stereocenters. The van der Waals surface area contributed by atoms with Crippen LogP contribution in [0.15, 0.2) is 0 Å². The number of rotatable bonds is 2. The predicted octanol–water partition coefficient (Wildman–Crippen LogP) is -0.306. The van der Waals surface area contributed by atoms with E-state index in [0.717, 1.165) is 26.2 Å². The average Bonchev–Trinajstić information content (AvgIpc) is 2.18. The van der Waals surface area contributed by atoms with E-state index in [0.29, 0.717) is 12.3 Å². The third-order valence-corrected chi connectivity index (χ3v) is 2.45. The number of carbonyl (C=O) groups is 1. The van der Waals surface area contributed by atoms with Crippen molar-refractivity contribution in [2.45, 2.75) is 0 Å². The van der Waals surface area contributed by atoms with Crippen molar-refractivity contribution in [3.8, 4) is 12.3 Å². The maximum absolute atomic E-state index is 11.2. The van der Waals surface area contributed by atoms with Crippen molar-refractivity contribution in [3.63, 3.8) is 0 Å². The van der Waals surface area contributed by atoms with Crippen LogP contribution < -0.4 is 0 Å². The zero-order chi connectivity index (χ0) is 9.68. The van der Waals surface area contributed by atoms with Gasteiger partial charge in [0.25, 0.3) is 0 Å². The summed E-state index contributed by atoms with van der Waals surface area (Å²) in [6.45, 7) is 4.00. The summed E-state index contributed by atoms with van der Waals surface area (Å²) in [5.41, 5.74) is 0. The molecule has 13 heavy (non-hydrogen) atoms. The van der Waals surface area contributed by atoms with Crippen molar-refractivity contribution in [3.05, 3.63) is 0 Å². The first kappa shape index (κ1) is 10.4. The average molecular weight is 198 g/mol. The summed E-state index contributed by atoms with van der Waals surface area (Å²) in [6, 6.07) is 0. The predicted molar refractivity (Wildman–Crippen MR) is 55.7 cm³/mol. The second kappa shape index (κ2) is 5.15. The van der Waals surface area contributed by atoms with Gasteiger partial charge in [-0.1, -0.05) is 5.92 Å². The Labute approximate surface area is 84.5 Å². The second-order valence-corrected chi connectivity index (χ2v) is 3.34. The van der Waals surface area contributed by atoms with Gasteiger partial charge in [0.2, 0.25) is 5.91 Å². The molecule has 1 aliphatic heterocycles. The van der Waals surface area contributed by atoms with Crippen molar-refractivity contribution >= 4 is 18.5 Å². The lowest BCUT2D eigenvalue weighted by molar-refractivity contribution is -0.129. The van der Waals surface area contributed by atoms with Crippen LogP contribution in [0.4, 0.5) is 0 Å². The number of carbonyl (C=O) groups excluding carboxylic acids is 1. The molecule has 3 nitrogen and oxygen atoms in total. The lowest BCUT2D eigenvalue weighted by atomic mass is 10.3. The van der Waals surface area contributed by atoms with Gasteiger partial charge in [0.05, 0.1) is 12.3 Å². The number of piperazine rings is 1. The van der Waals surface area contributed by atoms with Crippen LogP contribution in [0.5, 0.6) is 0 Å². The Morgan fingerprint density at radius 2 is 2.00 bits per heavy atom. The molecule has 0 aromatic carbocycles. The highest BCUT2D eigenvalue weighted by molar-refractivity contribution is 7.81. The Morgan fingerprint density at radius 1 is 1.38 bits per heavy atom. The SMILES string of the molecule is C#CCN1CCN(C(=O)CS)CC1. The van der Waals surface area contributed by atoms with Crippen LogP contribution >= 0.6 is 12.6 Å². The molecule has 0 saturated carbocycles. The third kappa shape index (κ3) is 2.94. The number of terminal acetylenes is 1. The summed E-state index contributed by atoms with van der Waals surface area (Å²) in [5.74, 6) is 3.02. The molecule has 1 saturated heterocycles. The van der Waals surface area contributed by atoms with Crippen molar-refractivity contribution in [1.82, 2.24) is 9.80 Å². The van der Waals surface area contributed by atoms with Gasteiger partial charge in [-0.25, -0.2) is 0 Å². The van der Waals surface area contributed by atoms with Gasteiger partial charge < -0.3 is 4.90 Å². The third-order valence-electron chi connectivity index (χ3n) is 2.18. The van der Waals surface area contributed by atoms with Crippen molar-refractivity contribution < 1.29 is 4.79 Å².